The first-order valence-corrected chi connectivity index (χ1v) is 8.81. The second kappa shape index (κ2) is 4.63. The van der Waals surface area contributed by atoms with E-state index in [0.717, 1.165) is 0 Å². The summed E-state index contributed by atoms with van der Waals surface area (Å²) >= 11 is 0. The van der Waals surface area contributed by atoms with Crippen LogP contribution in [0.4, 0.5) is 0 Å². The van der Waals surface area contributed by atoms with Gasteiger partial charge in [-0.15, -0.1) is 0 Å². The summed E-state index contributed by atoms with van der Waals surface area (Å²) in [7, 11) is -6.61. The van der Waals surface area contributed by atoms with Crippen LogP contribution in [0.3, 0.4) is 0 Å². The summed E-state index contributed by atoms with van der Waals surface area (Å²) < 4.78 is 48.6. The number of hydrogen-bond donors (Lipinski definition) is 2. The summed E-state index contributed by atoms with van der Waals surface area (Å²) in [5, 5.41) is 0.000791. The Kier molecular flexibility index (Phi) is 3.47. The first kappa shape index (κ1) is 13.5. The Morgan fingerprint density at radius 2 is 2.28 bits per heavy atom. The predicted octanol–water partition coefficient (Wildman–Crippen LogP) is -0.569. The van der Waals surface area contributed by atoms with Gasteiger partial charge in [-0.2, -0.15) is 0 Å². The maximum atomic E-state index is 11.8. The Hall–Kier alpha value is -0.930. The molecule has 18 heavy (non-hydrogen) atoms. The van der Waals surface area contributed by atoms with Gasteiger partial charge >= 0.3 is 0 Å². The van der Waals surface area contributed by atoms with E-state index >= 15 is 0 Å². The highest BCUT2D eigenvalue weighted by Gasteiger charge is 2.29. The maximum absolute atomic E-state index is 11.8. The molecular formula is C9H15N3O4S2. The lowest BCUT2D eigenvalue weighted by molar-refractivity contribution is 0.541. The number of aromatic amines is 1. The number of nitrogens with one attached hydrogen (secondary N) is 2. The van der Waals surface area contributed by atoms with Crippen molar-refractivity contribution >= 4 is 19.9 Å². The molecule has 0 aliphatic carbocycles. The van der Waals surface area contributed by atoms with Crippen molar-refractivity contribution in [2.24, 2.45) is 5.92 Å². The van der Waals surface area contributed by atoms with Crippen molar-refractivity contribution in [3.05, 3.63) is 12.0 Å². The topological polar surface area (TPSA) is 109 Å². The van der Waals surface area contributed by atoms with E-state index in [1.165, 1.54) is 6.20 Å². The van der Waals surface area contributed by atoms with E-state index in [1.807, 2.05) is 0 Å². The number of nitrogens with zero attached hydrogens (tertiary/aromatic N) is 1. The highest BCUT2D eigenvalue weighted by atomic mass is 32.2. The van der Waals surface area contributed by atoms with Crippen LogP contribution in [-0.2, 0) is 19.9 Å². The predicted molar refractivity (Wildman–Crippen MR) is 65.3 cm³/mol. The second-order valence-electron chi connectivity index (χ2n) is 4.45. The third-order valence-electron chi connectivity index (χ3n) is 2.86. The highest BCUT2D eigenvalue weighted by Crippen LogP contribution is 2.18. The largest absolute Gasteiger partial charge is 0.332 e. The minimum Gasteiger partial charge on any atom is -0.332 e. The number of imidazole rings is 1. The van der Waals surface area contributed by atoms with Crippen LogP contribution in [0.5, 0.6) is 0 Å². The van der Waals surface area contributed by atoms with Crippen molar-refractivity contribution in [1.82, 2.24) is 14.7 Å². The van der Waals surface area contributed by atoms with Crippen LogP contribution in [0, 0.1) is 12.8 Å². The Morgan fingerprint density at radius 3 is 2.78 bits per heavy atom. The quantitative estimate of drug-likeness (QED) is 0.773. The smallest absolute Gasteiger partial charge is 0.257 e. The Balaban J connectivity index is 1.98. The van der Waals surface area contributed by atoms with Gasteiger partial charge in [-0.05, 0) is 19.3 Å². The summed E-state index contributed by atoms with van der Waals surface area (Å²) in [5.41, 5.74) is 0. The van der Waals surface area contributed by atoms with Gasteiger partial charge in [0.15, 0.2) is 14.9 Å². The molecule has 1 aromatic heterocycles. The maximum Gasteiger partial charge on any atom is 0.257 e. The van der Waals surface area contributed by atoms with Crippen LogP contribution in [0.15, 0.2) is 11.2 Å². The highest BCUT2D eigenvalue weighted by molar-refractivity contribution is 7.91. The fraction of sp³-hybridized carbons (Fsp3) is 0.667. The number of sulfonamides is 1. The number of aromatic nitrogens is 2. The summed E-state index contributed by atoms with van der Waals surface area (Å²) in [4.78, 5) is 6.44. The molecule has 2 N–H and O–H groups in total. The van der Waals surface area contributed by atoms with Gasteiger partial charge in [0.1, 0.15) is 5.82 Å². The molecule has 1 aliphatic heterocycles. The lowest BCUT2D eigenvalue weighted by Gasteiger charge is -2.08. The number of hydrogen-bond acceptors (Lipinski definition) is 5. The lowest BCUT2D eigenvalue weighted by Crippen LogP contribution is -2.30. The van der Waals surface area contributed by atoms with Crippen LogP contribution in [-0.4, -0.2) is 44.9 Å². The molecule has 0 spiro atoms. The van der Waals surface area contributed by atoms with E-state index in [1.54, 1.807) is 6.92 Å². The molecule has 0 amide bonds. The molecule has 2 heterocycles. The van der Waals surface area contributed by atoms with Crippen LogP contribution < -0.4 is 4.72 Å². The Labute approximate surface area is 106 Å². The molecule has 0 saturated carbocycles. The summed E-state index contributed by atoms with van der Waals surface area (Å²) in [5.74, 6) is 0.563. The number of rotatable bonds is 4. The van der Waals surface area contributed by atoms with Gasteiger partial charge < -0.3 is 4.98 Å². The van der Waals surface area contributed by atoms with E-state index < -0.39 is 19.9 Å². The van der Waals surface area contributed by atoms with Crippen LogP contribution in [0.2, 0.25) is 0 Å². The first-order chi connectivity index (χ1) is 8.28. The van der Waals surface area contributed by atoms with E-state index in [-0.39, 0.29) is 29.0 Å². The first-order valence-electron chi connectivity index (χ1n) is 5.50. The van der Waals surface area contributed by atoms with E-state index in [0.29, 0.717) is 12.2 Å². The van der Waals surface area contributed by atoms with Crippen molar-refractivity contribution in [1.29, 1.82) is 0 Å². The van der Waals surface area contributed by atoms with Crippen LogP contribution >= 0.6 is 0 Å². The molecule has 1 aliphatic rings. The molecule has 1 fully saturated rings. The number of H-pyrrole nitrogens is 1. The average Bonchev–Trinajstić information content (AvgIpc) is 2.82. The van der Waals surface area contributed by atoms with E-state index in [9.17, 15) is 16.8 Å². The van der Waals surface area contributed by atoms with E-state index in [2.05, 4.69) is 14.7 Å². The van der Waals surface area contributed by atoms with Gasteiger partial charge in [-0.25, -0.2) is 26.5 Å². The molecule has 7 nitrogen and oxygen atoms in total. The monoisotopic (exact) mass is 293 g/mol. The summed E-state index contributed by atoms with van der Waals surface area (Å²) in [6.07, 6.45) is 1.75. The number of sulfone groups is 1. The van der Waals surface area contributed by atoms with Crippen molar-refractivity contribution in [2.45, 2.75) is 18.4 Å². The molecule has 1 atom stereocenters. The van der Waals surface area contributed by atoms with Gasteiger partial charge in [0.25, 0.3) is 10.0 Å². The van der Waals surface area contributed by atoms with Crippen molar-refractivity contribution in [2.75, 3.05) is 18.1 Å². The Bertz CT molecular complexity index is 633. The molecular weight excluding hydrogens is 278 g/mol. The summed E-state index contributed by atoms with van der Waals surface area (Å²) in [6, 6.07) is 0. The van der Waals surface area contributed by atoms with Gasteiger partial charge in [0.2, 0.25) is 0 Å². The molecule has 9 heteroatoms. The molecule has 2 rings (SSSR count). The number of aryl methyl sites for hydroxylation is 1. The normalized spacial score (nSPS) is 23.3. The van der Waals surface area contributed by atoms with Crippen molar-refractivity contribution in [3.8, 4) is 0 Å². The molecule has 0 radical (unpaired) electrons. The van der Waals surface area contributed by atoms with E-state index in [4.69, 9.17) is 0 Å². The van der Waals surface area contributed by atoms with Crippen molar-refractivity contribution in [3.63, 3.8) is 0 Å². The third-order valence-corrected chi connectivity index (χ3v) is 6.03. The molecule has 1 aromatic rings. The average molecular weight is 293 g/mol. The zero-order valence-electron chi connectivity index (χ0n) is 9.88. The van der Waals surface area contributed by atoms with Crippen LogP contribution in [0.25, 0.3) is 0 Å². The molecule has 1 saturated heterocycles. The van der Waals surface area contributed by atoms with Gasteiger partial charge in [-0.3, -0.25) is 0 Å². The lowest BCUT2D eigenvalue weighted by atomic mass is 10.1. The van der Waals surface area contributed by atoms with Crippen molar-refractivity contribution < 1.29 is 16.8 Å². The Morgan fingerprint density at radius 1 is 1.56 bits per heavy atom. The summed E-state index contributed by atoms with van der Waals surface area (Å²) in [6.45, 7) is 1.79. The third kappa shape index (κ3) is 3.09. The zero-order chi connectivity index (χ0) is 13.4. The fourth-order valence-corrected chi connectivity index (χ4v) is 4.82. The van der Waals surface area contributed by atoms with Gasteiger partial charge in [-0.1, -0.05) is 0 Å². The zero-order valence-corrected chi connectivity index (χ0v) is 11.5. The minimum absolute atomic E-state index is 0.000791. The molecule has 0 bridgehead atoms. The SMILES string of the molecule is Cc1ncc(S(=O)(=O)NCC2CCS(=O)(=O)C2)[nH]1. The molecule has 0 aromatic carbocycles. The molecule has 1 unspecified atom stereocenters. The standard InChI is InChI=1S/C9H15N3O4S2/c1-7-10-5-9(12-7)18(15,16)11-4-8-2-3-17(13,14)6-8/h5,8,11H,2-4,6H2,1H3,(H,10,12). The second-order valence-corrected chi connectivity index (χ2v) is 8.42. The molecule has 102 valence electrons. The van der Waals surface area contributed by atoms with Gasteiger partial charge in [0, 0.05) is 6.54 Å². The van der Waals surface area contributed by atoms with Gasteiger partial charge in [0.05, 0.1) is 17.7 Å². The minimum atomic E-state index is -3.63. The fourth-order valence-electron chi connectivity index (χ4n) is 1.87. The van der Waals surface area contributed by atoms with Crippen LogP contribution in [0.1, 0.15) is 12.2 Å².